The number of nitrogens with zero attached hydrogens (tertiary/aromatic N) is 2. The van der Waals surface area contributed by atoms with E-state index in [9.17, 15) is 15.0 Å². The summed E-state index contributed by atoms with van der Waals surface area (Å²) in [7, 11) is 0. The van der Waals surface area contributed by atoms with Crippen LogP contribution in [0.4, 0.5) is 0 Å². The largest absolute Gasteiger partial charge is 0.474 e. The van der Waals surface area contributed by atoms with Gasteiger partial charge in [0, 0.05) is 11.8 Å². The molecule has 0 fully saturated rings. The van der Waals surface area contributed by atoms with E-state index in [2.05, 4.69) is 4.98 Å². The summed E-state index contributed by atoms with van der Waals surface area (Å²) in [4.78, 5) is 16.9. The predicted octanol–water partition coefficient (Wildman–Crippen LogP) is 4.16. The van der Waals surface area contributed by atoms with Gasteiger partial charge in [0.1, 0.15) is 18.1 Å². The van der Waals surface area contributed by atoms with Crippen LogP contribution in [0, 0.1) is 6.92 Å². The summed E-state index contributed by atoms with van der Waals surface area (Å²) in [6, 6.07) is 6.47. The first-order chi connectivity index (χ1) is 13.5. The Hall–Kier alpha value is -1.83. The smallest absolute Gasteiger partial charge is 0.227 e. The van der Waals surface area contributed by atoms with E-state index in [1.165, 1.54) is 26.1 Å². The fourth-order valence-electron chi connectivity index (χ4n) is 2.87. The fraction of sp³-hybridized carbons (Fsp3) is 0.300. The lowest BCUT2D eigenvalue weighted by molar-refractivity contribution is -0.0665. The second kappa shape index (κ2) is 8.13. The molecule has 0 radical (unpaired) electrons. The zero-order valence-electron chi connectivity index (χ0n) is 15.9. The van der Waals surface area contributed by atoms with Crippen molar-refractivity contribution in [2.24, 2.45) is 0 Å². The molecule has 1 unspecified atom stereocenters. The average molecular weight is 458 g/mol. The van der Waals surface area contributed by atoms with Crippen LogP contribution in [0.1, 0.15) is 19.5 Å². The maximum atomic E-state index is 12.8. The zero-order chi connectivity index (χ0) is 21.5. The summed E-state index contributed by atoms with van der Waals surface area (Å²) in [5, 5.41) is 21.0. The molecule has 0 spiro atoms. The Bertz CT molecular complexity index is 1120. The predicted molar refractivity (Wildman–Crippen MR) is 115 cm³/mol. The number of aliphatic hydroxyl groups excluding tert-OH is 1. The number of aromatic nitrogens is 2. The Morgan fingerprint density at radius 2 is 1.83 bits per heavy atom. The molecule has 29 heavy (non-hydrogen) atoms. The molecule has 9 heteroatoms. The standard InChI is InChI=1S/C20H19Cl3N2O4/c1-10-7-14(26)16-18(25(10)17-11(21)5-4-6-12(17)22)13(23)8-24-19(16)29-9-15(27)20(2,3)28/h4-8,15,27-28H,9H2,1-3H3. The molecule has 2 heterocycles. The van der Waals surface area contributed by atoms with E-state index in [0.717, 1.165) is 0 Å². The van der Waals surface area contributed by atoms with Crippen LogP contribution in [0.5, 0.6) is 5.88 Å². The van der Waals surface area contributed by atoms with E-state index in [1.807, 2.05) is 0 Å². The molecule has 2 N–H and O–H groups in total. The Balaban J connectivity index is 2.27. The van der Waals surface area contributed by atoms with Crippen LogP contribution in [0.2, 0.25) is 15.1 Å². The molecule has 1 aromatic carbocycles. The number of ether oxygens (including phenoxy) is 1. The number of hydrogen-bond acceptors (Lipinski definition) is 5. The van der Waals surface area contributed by atoms with Crippen molar-refractivity contribution in [1.82, 2.24) is 9.55 Å². The number of pyridine rings is 2. The highest BCUT2D eigenvalue weighted by atomic mass is 35.5. The third-order valence-corrected chi connectivity index (χ3v) is 5.38. The molecule has 3 aromatic rings. The van der Waals surface area contributed by atoms with Crippen molar-refractivity contribution in [3.63, 3.8) is 0 Å². The third kappa shape index (κ3) is 4.22. The van der Waals surface area contributed by atoms with Gasteiger partial charge in [0.2, 0.25) is 5.88 Å². The highest BCUT2D eigenvalue weighted by Gasteiger charge is 2.26. The van der Waals surface area contributed by atoms with Crippen molar-refractivity contribution in [3.8, 4) is 11.6 Å². The molecule has 3 rings (SSSR count). The maximum Gasteiger partial charge on any atom is 0.227 e. The number of benzene rings is 1. The van der Waals surface area contributed by atoms with E-state index >= 15 is 0 Å². The number of fused-ring (bicyclic) bond motifs is 1. The minimum absolute atomic E-state index is 0.0189. The lowest BCUT2D eigenvalue weighted by Crippen LogP contribution is -2.40. The summed E-state index contributed by atoms with van der Waals surface area (Å²) in [5.74, 6) is -0.0189. The zero-order valence-corrected chi connectivity index (χ0v) is 18.2. The lowest BCUT2D eigenvalue weighted by atomic mass is 10.0. The molecular weight excluding hydrogens is 439 g/mol. The first-order valence-corrected chi connectivity index (χ1v) is 9.84. The van der Waals surface area contributed by atoms with Crippen LogP contribution in [0.25, 0.3) is 16.6 Å². The van der Waals surface area contributed by atoms with Crippen LogP contribution < -0.4 is 10.2 Å². The van der Waals surface area contributed by atoms with Gasteiger partial charge in [-0.3, -0.25) is 4.79 Å². The molecule has 0 saturated heterocycles. The van der Waals surface area contributed by atoms with Crippen molar-refractivity contribution in [2.75, 3.05) is 6.61 Å². The van der Waals surface area contributed by atoms with E-state index in [0.29, 0.717) is 26.9 Å². The van der Waals surface area contributed by atoms with E-state index < -0.39 is 11.7 Å². The highest BCUT2D eigenvalue weighted by molar-refractivity contribution is 6.38. The number of hydrogen-bond donors (Lipinski definition) is 2. The van der Waals surface area contributed by atoms with E-state index in [1.54, 1.807) is 29.7 Å². The molecule has 0 saturated carbocycles. The maximum absolute atomic E-state index is 12.8. The first-order valence-electron chi connectivity index (χ1n) is 8.71. The Kier molecular flexibility index (Phi) is 6.13. The van der Waals surface area contributed by atoms with Crippen LogP contribution in [0.15, 0.2) is 35.3 Å². The van der Waals surface area contributed by atoms with Crippen molar-refractivity contribution < 1.29 is 14.9 Å². The van der Waals surface area contributed by atoms with Gasteiger partial charge in [0.15, 0.2) is 5.43 Å². The molecule has 154 valence electrons. The van der Waals surface area contributed by atoms with E-state index in [4.69, 9.17) is 39.5 Å². The number of rotatable bonds is 5. The van der Waals surface area contributed by atoms with Crippen LogP contribution in [-0.4, -0.2) is 38.1 Å². The first kappa shape index (κ1) is 21.9. The summed E-state index contributed by atoms with van der Waals surface area (Å²) < 4.78 is 7.25. The average Bonchev–Trinajstić information content (AvgIpc) is 2.62. The molecule has 0 amide bonds. The Labute approximate surface area is 182 Å². The minimum Gasteiger partial charge on any atom is -0.474 e. The number of aliphatic hydroxyl groups is 2. The molecule has 2 aromatic heterocycles. The van der Waals surface area contributed by atoms with Crippen LogP contribution in [0.3, 0.4) is 0 Å². The summed E-state index contributed by atoms with van der Waals surface area (Å²) in [5.41, 5.74) is -0.388. The van der Waals surface area contributed by atoms with Gasteiger partial charge in [-0.05, 0) is 32.9 Å². The quantitative estimate of drug-likeness (QED) is 0.601. The molecule has 0 aliphatic heterocycles. The van der Waals surface area contributed by atoms with E-state index in [-0.39, 0.29) is 28.3 Å². The fourth-order valence-corrected chi connectivity index (χ4v) is 3.66. The monoisotopic (exact) mass is 456 g/mol. The van der Waals surface area contributed by atoms with Gasteiger partial charge in [0.25, 0.3) is 0 Å². The third-order valence-electron chi connectivity index (χ3n) is 4.49. The van der Waals surface area contributed by atoms with Gasteiger partial charge < -0.3 is 19.5 Å². The molecule has 1 atom stereocenters. The van der Waals surface area contributed by atoms with Gasteiger partial charge in [-0.25, -0.2) is 4.98 Å². The number of halogens is 3. The van der Waals surface area contributed by atoms with Crippen LogP contribution in [-0.2, 0) is 0 Å². The molecule has 6 nitrogen and oxygen atoms in total. The number of para-hydroxylation sites is 1. The molecule has 0 aliphatic carbocycles. The molecule has 0 aliphatic rings. The highest BCUT2D eigenvalue weighted by Crippen LogP contribution is 2.35. The van der Waals surface area contributed by atoms with Gasteiger partial charge in [-0.1, -0.05) is 40.9 Å². The van der Waals surface area contributed by atoms with Crippen molar-refractivity contribution in [1.29, 1.82) is 0 Å². The van der Waals surface area contributed by atoms with Crippen molar-refractivity contribution in [3.05, 3.63) is 61.4 Å². The van der Waals surface area contributed by atoms with Gasteiger partial charge in [0.05, 0.1) is 38.1 Å². The second-order valence-corrected chi connectivity index (χ2v) is 8.39. The van der Waals surface area contributed by atoms with Gasteiger partial charge in [-0.2, -0.15) is 0 Å². The van der Waals surface area contributed by atoms with Gasteiger partial charge >= 0.3 is 0 Å². The van der Waals surface area contributed by atoms with Crippen molar-refractivity contribution >= 4 is 45.7 Å². The summed E-state index contributed by atoms with van der Waals surface area (Å²) in [6.07, 6.45) is 0.149. The summed E-state index contributed by atoms with van der Waals surface area (Å²) in [6.45, 7) is 4.36. The number of aryl methyl sites for hydroxylation is 1. The topological polar surface area (TPSA) is 84.6 Å². The minimum atomic E-state index is -1.38. The molecule has 0 bridgehead atoms. The normalized spacial score (nSPS) is 13.0. The summed E-state index contributed by atoms with van der Waals surface area (Å²) >= 11 is 19.2. The van der Waals surface area contributed by atoms with Gasteiger partial charge in [-0.15, -0.1) is 0 Å². The molecular formula is C20H19Cl3N2O4. The Morgan fingerprint density at radius 3 is 2.41 bits per heavy atom. The SMILES string of the molecule is Cc1cc(=O)c2c(OCC(O)C(C)(C)O)ncc(Cl)c2n1-c1c(Cl)cccc1Cl. The van der Waals surface area contributed by atoms with Crippen LogP contribution >= 0.6 is 34.8 Å². The second-order valence-electron chi connectivity index (χ2n) is 7.17. The Morgan fingerprint density at radius 1 is 1.21 bits per heavy atom. The lowest BCUT2D eigenvalue weighted by Gasteiger charge is -2.24. The van der Waals surface area contributed by atoms with Crippen molar-refractivity contribution in [2.45, 2.75) is 32.5 Å².